The second kappa shape index (κ2) is 7.70. The number of aromatic nitrogens is 2. The van der Waals surface area contributed by atoms with Crippen LogP contribution in [0.2, 0.25) is 0 Å². The number of para-hydroxylation sites is 2. The van der Waals surface area contributed by atoms with Crippen molar-refractivity contribution in [1.29, 1.82) is 0 Å². The van der Waals surface area contributed by atoms with Crippen LogP contribution in [0.25, 0.3) is 11.0 Å². The first kappa shape index (κ1) is 17.4. The molecule has 1 unspecified atom stereocenters. The van der Waals surface area contributed by atoms with Crippen molar-refractivity contribution >= 4 is 22.9 Å². The quantitative estimate of drug-likeness (QED) is 0.730. The molecule has 6 heteroatoms. The number of hydrogen-bond donors (Lipinski definition) is 2. The van der Waals surface area contributed by atoms with Gasteiger partial charge in [0.1, 0.15) is 5.75 Å². The highest BCUT2D eigenvalue weighted by Gasteiger charge is 2.27. The summed E-state index contributed by atoms with van der Waals surface area (Å²) in [5.41, 5.74) is 3.05. The number of hydrogen-bond acceptors (Lipinski definition) is 4. The van der Waals surface area contributed by atoms with Crippen LogP contribution in [0.1, 0.15) is 18.4 Å². The van der Waals surface area contributed by atoms with Gasteiger partial charge in [-0.15, -0.1) is 0 Å². The van der Waals surface area contributed by atoms with Crippen LogP contribution >= 0.6 is 0 Å². The standard InChI is InChI=1S/C21H24N4O2/c1-27-17-10-8-15(9-11-17)13-22-20(26)16-5-4-12-25(14-16)21-23-18-6-2-3-7-19(18)24-21/h2-3,6-11,16H,4-5,12-14H2,1H3,(H,22,26)(H,23,24). The highest BCUT2D eigenvalue weighted by molar-refractivity contribution is 5.80. The number of benzene rings is 2. The van der Waals surface area contributed by atoms with E-state index < -0.39 is 0 Å². The minimum absolute atomic E-state index is 0.0230. The number of carbonyl (C=O) groups excluding carboxylic acids is 1. The molecular formula is C21H24N4O2. The molecule has 1 aliphatic rings. The minimum atomic E-state index is -0.0230. The molecule has 1 aliphatic heterocycles. The smallest absolute Gasteiger partial charge is 0.225 e. The number of H-pyrrole nitrogens is 1. The van der Waals surface area contributed by atoms with E-state index in [1.165, 1.54) is 0 Å². The van der Waals surface area contributed by atoms with Crippen LogP contribution in [0.4, 0.5) is 5.95 Å². The lowest BCUT2D eigenvalue weighted by Gasteiger charge is -2.31. The molecule has 6 nitrogen and oxygen atoms in total. The van der Waals surface area contributed by atoms with Gasteiger partial charge in [0, 0.05) is 19.6 Å². The fourth-order valence-corrected chi connectivity index (χ4v) is 3.55. The zero-order valence-corrected chi connectivity index (χ0v) is 15.4. The van der Waals surface area contributed by atoms with Crippen molar-refractivity contribution in [2.45, 2.75) is 19.4 Å². The van der Waals surface area contributed by atoms with Crippen LogP contribution in [0, 0.1) is 5.92 Å². The van der Waals surface area contributed by atoms with Crippen molar-refractivity contribution < 1.29 is 9.53 Å². The Morgan fingerprint density at radius 2 is 2.07 bits per heavy atom. The molecule has 1 fully saturated rings. The number of aromatic amines is 1. The van der Waals surface area contributed by atoms with Gasteiger partial charge >= 0.3 is 0 Å². The Kier molecular flexibility index (Phi) is 4.96. The van der Waals surface area contributed by atoms with Gasteiger partial charge in [-0.2, -0.15) is 0 Å². The molecular weight excluding hydrogens is 340 g/mol. The summed E-state index contributed by atoms with van der Waals surface area (Å²) in [5, 5.41) is 3.07. The molecule has 2 aromatic carbocycles. The number of methoxy groups -OCH3 is 1. The van der Waals surface area contributed by atoms with Gasteiger partial charge in [-0.1, -0.05) is 24.3 Å². The van der Waals surface area contributed by atoms with Crippen LogP contribution in [0.5, 0.6) is 5.75 Å². The third-order valence-corrected chi connectivity index (χ3v) is 5.09. The molecule has 1 atom stereocenters. The van der Waals surface area contributed by atoms with Crippen LogP contribution in [0.15, 0.2) is 48.5 Å². The SMILES string of the molecule is COc1ccc(CNC(=O)C2CCCN(c3nc4ccccc4[nH]3)C2)cc1. The molecule has 1 aromatic heterocycles. The maximum absolute atomic E-state index is 12.7. The molecule has 0 bridgehead atoms. The van der Waals surface area contributed by atoms with Gasteiger partial charge in [0.05, 0.1) is 24.1 Å². The summed E-state index contributed by atoms with van der Waals surface area (Å²) in [5.74, 6) is 1.75. The lowest BCUT2D eigenvalue weighted by molar-refractivity contribution is -0.125. The van der Waals surface area contributed by atoms with E-state index in [0.29, 0.717) is 13.1 Å². The van der Waals surface area contributed by atoms with Gasteiger partial charge in [-0.3, -0.25) is 4.79 Å². The second-order valence-electron chi connectivity index (χ2n) is 6.93. The predicted molar refractivity (Wildman–Crippen MR) is 106 cm³/mol. The maximum Gasteiger partial charge on any atom is 0.225 e. The minimum Gasteiger partial charge on any atom is -0.497 e. The summed E-state index contributed by atoms with van der Waals surface area (Å²) in [7, 11) is 1.65. The second-order valence-corrected chi connectivity index (χ2v) is 6.93. The van der Waals surface area contributed by atoms with Gasteiger partial charge in [-0.05, 0) is 42.7 Å². The number of amides is 1. The van der Waals surface area contributed by atoms with E-state index in [9.17, 15) is 4.79 Å². The zero-order valence-electron chi connectivity index (χ0n) is 15.4. The topological polar surface area (TPSA) is 70.2 Å². The molecule has 2 heterocycles. The van der Waals surface area contributed by atoms with Crippen LogP contribution in [-0.4, -0.2) is 36.1 Å². The van der Waals surface area contributed by atoms with E-state index in [-0.39, 0.29) is 11.8 Å². The Morgan fingerprint density at radius 3 is 2.85 bits per heavy atom. The number of imidazole rings is 1. The van der Waals surface area contributed by atoms with Crippen molar-refractivity contribution in [3.05, 3.63) is 54.1 Å². The molecule has 0 aliphatic carbocycles. The molecule has 3 aromatic rings. The van der Waals surface area contributed by atoms with Crippen molar-refractivity contribution in [2.75, 3.05) is 25.1 Å². The third-order valence-electron chi connectivity index (χ3n) is 5.09. The van der Waals surface area contributed by atoms with Gasteiger partial charge < -0.3 is 19.9 Å². The number of ether oxygens (including phenoxy) is 1. The van der Waals surface area contributed by atoms with Crippen molar-refractivity contribution in [3.8, 4) is 5.75 Å². The van der Waals surface area contributed by atoms with Crippen LogP contribution in [-0.2, 0) is 11.3 Å². The Balaban J connectivity index is 1.37. The Morgan fingerprint density at radius 1 is 1.26 bits per heavy atom. The highest BCUT2D eigenvalue weighted by atomic mass is 16.5. The van der Waals surface area contributed by atoms with Gasteiger partial charge in [0.15, 0.2) is 0 Å². The normalized spacial score (nSPS) is 17.1. The fraction of sp³-hybridized carbons (Fsp3) is 0.333. The number of rotatable bonds is 5. The summed E-state index contributed by atoms with van der Waals surface area (Å²) in [6, 6.07) is 15.8. The van der Waals surface area contributed by atoms with E-state index in [0.717, 1.165) is 47.7 Å². The third kappa shape index (κ3) is 3.89. The molecule has 0 radical (unpaired) electrons. The maximum atomic E-state index is 12.7. The van der Waals surface area contributed by atoms with Crippen molar-refractivity contribution in [3.63, 3.8) is 0 Å². The van der Waals surface area contributed by atoms with Gasteiger partial charge in [-0.25, -0.2) is 4.98 Å². The Bertz CT molecular complexity index is 886. The van der Waals surface area contributed by atoms with E-state index in [1.54, 1.807) is 7.11 Å². The lowest BCUT2D eigenvalue weighted by atomic mass is 9.97. The van der Waals surface area contributed by atoms with Crippen LogP contribution in [0.3, 0.4) is 0 Å². The van der Waals surface area contributed by atoms with E-state index in [4.69, 9.17) is 4.74 Å². The summed E-state index contributed by atoms with van der Waals surface area (Å²) in [4.78, 5) is 22.9. The number of nitrogens with one attached hydrogen (secondary N) is 2. The van der Waals surface area contributed by atoms with E-state index in [2.05, 4.69) is 20.2 Å². The molecule has 4 rings (SSSR count). The lowest BCUT2D eigenvalue weighted by Crippen LogP contribution is -2.43. The van der Waals surface area contributed by atoms with Crippen LogP contribution < -0.4 is 15.0 Å². The van der Waals surface area contributed by atoms with E-state index >= 15 is 0 Å². The first-order chi connectivity index (χ1) is 13.2. The first-order valence-corrected chi connectivity index (χ1v) is 9.33. The summed E-state index contributed by atoms with van der Waals surface area (Å²) in [6.45, 7) is 2.14. The first-order valence-electron chi connectivity index (χ1n) is 9.33. The molecule has 1 amide bonds. The molecule has 2 N–H and O–H groups in total. The monoisotopic (exact) mass is 364 g/mol. The molecule has 0 saturated carbocycles. The Hall–Kier alpha value is -3.02. The Labute approximate surface area is 158 Å². The average Bonchev–Trinajstić information content (AvgIpc) is 3.17. The average molecular weight is 364 g/mol. The van der Waals surface area contributed by atoms with Gasteiger partial charge in [0.2, 0.25) is 11.9 Å². The van der Waals surface area contributed by atoms with Gasteiger partial charge in [0.25, 0.3) is 0 Å². The number of anilines is 1. The van der Waals surface area contributed by atoms with E-state index in [1.807, 2.05) is 48.5 Å². The largest absolute Gasteiger partial charge is 0.497 e. The number of piperidine rings is 1. The summed E-state index contributed by atoms with van der Waals surface area (Å²) < 4.78 is 5.16. The predicted octanol–water partition coefficient (Wildman–Crippen LogP) is 3.10. The van der Waals surface area contributed by atoms with Crippen molar-refractivity contribution in [2.24, 2.45) is 5.92 Å². The number of fused-ring (bicyclic) bond motifs is 1. The molecule has 1 saturated heterocycles. The highest BCUT2D eigenvalue weighted by Crippen LogP contribution is 2.23. The van der Waals surface area contributed by atoms with Crippen molar-refractivity contribution in [1.82, 2.24) is 15.3 Å². The summed E-state index contributed by atoms with van der Waals surface area (Å²) >= 11 is 0. The number of carbonyl (C=O) groups is 1. The fourth-order valence-electron chi connectivity index (χ4n) is 3.55. The number of nitrogens with zero attached hydrogens (tertiary/aromatic N) is 2. The molecule has 140 valence electrons. The summed E-state index contributed by atoms with van der Waals surface area (Å²) in [6.07, 6.45) is 1.89. The molecule has 0 spiro atoms. The zero-order chi connectivity index (χ0) is 18.6. The molecule has 27 heavy (non-hydrogen) atoms.